The van der Waals surface area contributed by atoms with Crippen LogP contribution in [-0.4, -0.2) is 10.5 Å². The molecule has 0 radical (unpaired) electrons. The maximum atomic E-state index is 12.7. The molecule has 1 aliphatic rings. The van der Waals surface area contributed by atoms with Crippen LogP contribution in [0.15, 0.2) is 42.5 Å². The molecule has 3 N–H and O–H groups in total. The van der Waals surface area contributed by atoms with Crippen molar-refractivity contribution in [1.29, 1.82) is 0 Å². The van der Waals surface area contributed by atoms with Gasteiger partial charge in [-0.05, 0) is 68.1 Å². The molecule has 4 rings (SSSR count). The van der Waals surface area contributed by atoms with Crippen molar-refractivity contribution >= 4 is 28.2 Å². The van der Waals surface area contributed by atoms with Gasteiger partial charge in [0.15, 0.2) is 0 Å². The van der Waals surface area contributed by atoms with Gasteiger partial charge in [0.25, 0.3) is 0 Å². The van der Waals surface area contributed by atoms with Crippen molar-refractivity contribution in [3.63, 3.8) is 0 Å². The van der Waals surface area contributed by atoms with Crippen molar-refractivity contribution in [2.75, 3.05) is 11.1 Å². The van der Waals surface area contributed by atoms with E-state index in [1.807, 2.05) is 24.3 Å². The summed E-state index contributed by atoms with van der Waals surface area (Å²) in [7, 11) is 2.13. The van der Waals surface area contributed by atoms with Gasteiger partial charge in [0.05, 0.1) is 0 Å². The summed E-state index contributed by atoms with van der Waals surface area (Å²) in [6, 6.07) is 13.9. The fourth-order valence-corrected chi connectivity index (χ4v) is 3.93. The number of nitrogens with one attached hydrogen (secondary N) is 1. The molecule has 0 bridgehead atoms. The van der Waals surface area contributed by atoms with Crippen LogP contribution in [-0.2, 0) is 24.7 Å². The van der Waals surface area contributed by atoms with Crippen LogP contribution in [0.2, 0.25) is 0 Å². The zero-order valence-electron chi connectivity index (χ0n) is 14.7. The van der Waals surface area contributed by atoms with Crippen molar-refractivity contribution in [3.05, 3.63) is 59.3 Å². The highest BCUT2D eigenvalue weighted by Crippen LogP contribution is 2.34. The lowest BCUT2D eigenvalue weighted by Crippen LogP contribution is -2.28. The Morgan fingerprint density at radius 2 is 1.96 bits per heavy atom. The first-order chi connectivity index (χ1) is 12.0. The van der Waals surface area contributed by atoms with Crippen LogP contribution in [0, 0.1) is 12.8 Å². The quantitative estimate of drug-likeness (QED) is 0.701. The maximum Gasteiger partial charge on any atom is 0.227 e. The molecule has 3 aromatic rings. The van der Waals surface area contributed by atoms with E-state index < -0.39 is 0 Å². The Hall–Kier alpha value is -2.75. The standard InChI is InChI=1S/C21H23N3O/c1-13-3-9-19-17(11-13)18-12-14(4-10-20(18)24(19)2)21(25)23-16-7-5-15(22)6-8-16/h3,5-9,11,14H,4,10,12,22H2,1-2H3,(H,23,25). The highest BCUT2D eigenvalue weighted by atomic mass is 16.1. The van der Waals surface area contributed by atoms with Crippen LogP contribution in [0.3, 0.4) is 0 Å². The van der Waals surface area contributed by atoms with Crippen LogP contribution >= 0.6 is 0 Å². The van der Waals surface area contributed by atoms with E-state index >= 15 is 0 Å². The van der Waals surface area contributed by atoms with Gasteiger partial charge < -0.3 is 15.6 Å². The molecule has 25 heavy (non-hydrogen) atoms. The number of nitrogens with zero attached hydrogens (tertiary/aromatic N) is 1. The zero-order chi connectivity index (χ0) is 17.6. The number of carbonyl (C=O) groups is 1. The molecule has 2 aromatic carbocycles. The van der Waals surface area contributed by atoms with Crippen molar-refractivity contribution in [2.45, 2.75) is 26.2 Å². The number of hydrogen-bond donors (Lipinski definition) is 2. The van der Waals surface area contributed by atoms with Gasteiger partial charge in [-0.25, -0.2) is 0 Å². The molecule has 4 heteroatoms. The van der Waals surface area contributed by atoms with Gasteiger partial charge in [0.2, 0.25) is 5.91 Å². The Bertz CT molecular complexity index is 953. The molecule has 128 valence electrons. The van der Waals surface area contributed by atoms with Gasteiger partial charge >= 0.3 is 0 Å². The molecule has 1 aliphatic carbocycles. The summed E-state index contributed by atoms with van der Waals surface area (Å²) in [6.07, 6.45) is 2.63. The van der Waals surface area contributed by atoms with Gasteiger partial charge in [0, 0.05) is 40.9 Å². The fraction of sp³-hybridized carbons (Fsp3) is 0.286. The number of amides is 1. The van der Waals surface area contributed by atoms with Crippen molar-refractivity contribution in [3.8, 4) is 0 Å². The summed E-state index contributed by atoms with van der Waals surface area (Å²) in [5.41, 5.74) is 12.4. The van der Waals surface area contributed by atoms with Crippen LogP contribution < -0.4 is 11.1 Å². The Morgan fingerprint density at radius 1 is 1.20 bits per heavy atom. The number of aryl methyl sites for hydroxylation is 2. The minimum atomic E-state index is 0.0103. The molecule has 1 aromatic heterocycles. The number of anilines is 2. The average molecular weight is 333 g/mol. The summed E-state index contributed by atoms with van der Waals surface area (Å²) in [5, 5.41) is 4.33. The van der Waals surface area contributed by atoms with Crippen LogP contribution in [0.25, 0.3) is 10.9 Å². The molecule has 1 heterocycles. The topological polar surface area (TPSA) is 60.0 Å². The van der Waals surface area contributed by atoms with E-state index in [2.05, 4.69) is 42.1 Å². The highest BCUT2D eigenvalue weighted by Gasteiger charge is 2.28. The minimum absolute atomic E-state index is 0.0103. The second-order valence-corrected chi connectivity index (χ2v) is 7.06. The van der Waals surface area contributed by atoms with Gasteiger partial charge in [0.1, 0.15) is 0 Å². The Morgan fingerprint density at radius 3 is 2.72 bits per heavy atom. The van der Waals surface area contributed by atoms with Crippen LogP contribution in [0.1, 0.15) is 23.2 Å². The first kappa shape index (κ1) is 15.8. The molecule has 1 amide bonds. The van der Waals surface area contributed by atoms with E-state index in [9.17, 15) is 4.79 Å². The van der Waals surface area contributed by atoms with E-state index in [-0.39, 0.29) is 11.8 Å². The van der Waals surface area contributed by atoms with Gasteiger partial charge in [-0.3, -0.25) is 4.79 Å². The number of rotatable bonds is 2. The lowest BCUT2D eigenvalue weighted by molar-refractivity contribution is -0.120. The minimum Gasteiger partial charge on any atom is -0.399 e. The average Bonchev–Trinajstić information content (AvgIpc) is 2.88. The third-order valence-electron chi connectivity index (χ3n) is 5.32. The summed E-state index contributed by atoms with van der Waals surface area (Å²) >= 11 is 0. The van der Waals surface area contributed by atoms with Crippen LogP contribution in [0.4, 0.5) is 11.4 Å². The first-order valence-corrected chi connectivity index (χ1v) is 8.76. The normalized spacial score (nSPS) is 16.6. The van der Waals surface area contributed by atoms with E-state index in [4.69, 9.17) is 5.73 Å². The predicted octanol–water partition coefficient (Wildman–Crippen LogP) is 3.81. The second-order valence-electron chi connectivity index (χ2n) is 7.06. The van der Waals surface area contributed by atoms with Crippen molar-refractivity contribution in [2.24, 2.45) is 13.0 Å². The molecular weight excluding hydrogens is 310 g/mol. The molecule has 4 nitrogen and oxygen atoms in total. The Kier molecular flexibility index (Phi) is 3.75. The summed E-state index contributed by atoms with van der Waals surface area (Å²) in [4.78, 5) is 12.7. The molecule has 0 fully saturated rings. The predicted molar refractivity (Wildman–Crippen MR) is 103 cm³/mol. The van der Waals surface area contributed by atoms with Gasteiger partial charge in [-0.15, -0.1) is 0 Å². The van der Waals surface area contributed by atoms with Gasteiger partial charge in [-0.2, -0.15) is 0 Å². The smallest absolute Gasteiger partial charge is 0.227 e. The number of hydrogen-bond acceptors (Lipinski definition) is 2. The van der Waals surface area contributed by atoms with Crippen molar-refractivity contribution in [1.82, 2.24) is 4.57 Å². The Balaban J connectivity index is 1.61. The largest absolute Gasteiger partial charge is 0.399 e. The summed E-state index contributed by atoms with van der Waals surface area (Å²) in [5.74, 6) is 0.108. The SMILES string of the molecule is Cc1ccc2c(c1)c1c(n2C)CCC(C(=O)Nc2ccc(N)cc2)C1. The third kappa shape index (κ3) is 2.78. The third-order valence-corrected chi connectivity index (χ3v) is 5.32. The molecular formula is C21H23N3O. The van der Waals surface area contributed by atoms with Gasteiger partial charge in [-0.1, -0.05) is 11.6 Å². The zero-order valence-corrected chi connectivity index (χ0v) is 14.7. The van der Waals surface area contributed by atoms with E-state index in [1.165, 1.54) is 27.7 Å². The molecule has 1 atom stereocenters. The van der Waals surface area contributed by atoms with E-state index in [0.717, 1.165) is 24.9 Å². The van der Waals surface area contributed by atoms with E-state index in [1.54, 1.807) is 0 Å². The maximum absolute atomic E-state index is 12.7. The number of fused-ring (bicyclic) bond motifs is 3. The lowest BCUT2D eigenvalue weighted by Gasteiger charge is -2.23. The molecule has 0 saturated carbocycles. The first-order valence-electron chi connectivity index (χ1n) is 8.76. The highest BCUT2D eigenvalue weighted by molar-refractivity contribution is 5.94. The number of benzene rings is 2. The van der Waals surface area contributed by atoms with Crippen molar-refractivity contribution < 1.29 is 4.79 Å². The summed E-state index contributed by atoms with van der Waals surface area (Å²) < 4.78 is 2.29. The lowest BCUT2D eigenvalue weighted by atomic mass is 9.85. The second kappa shape index (κ2) is 5.96. The summed E-state index contributed by atoms with van der Waals surface area (Å²) in [6.45, 7) is 2.12. The molecule has 1 unspecified atom stereocenters. The Labute approximate surface area is 147 Å². The fourth-order valence-electron chi connectivity index (χ4n) is 3.93. The molecule has 0 saturated heterocycles. The monoisotopic (exact) mass is 333 g/mol. The van der Waals surface area contributed by atoms with Crippen LogP contribution in [0.5, 0.6) is 0 Å². The molecule has 0 spiro atoms. The number of nitrogens with two attached hydrogens (primary N) is 1. The number of aromatic nitrogens is 1. The number of carbonyl (C=O) groups excluding carboxylic acids is 1. The number of nitrogen functional groups attached to an aromatic ring is 1. The molecule has 0 aliphatic heterocycles. The van der Waals surface area contributed by atoms with E-state index in [0.29, 0.717) is 5.69 Å².